The molecule has 170 valence electrons. The molecule has 5 rings (SSSR count). The summed E-state index contributed by atoms with van der Waals surface area (Å²) in [5.74, 6) is -0.216. The van der Waals surface area contributed by atoms with Crippen molar-refractivity contribution in [1.82, 2.24) is 9.97 Å². The number of thiophene rings is 1. The van der Waals surface area contributed by atoms with Gasteiger partial charge in [0.05, 0.1) is 31.7 Å². The minimum Gasteiger partial charge on any atom is -0.298 e. The average Bonchev–Trinajstić information content (AvgIpc) is 3.47. The molecule has 0 aliphatic heterocycles. The van der Waals surface area contributed by atoms with Crippen molar-refractivity contribution in [2.45, 2.75) is 26.2 Å². The molecule has 0 fully saturated rings. The quantitative estimate of drug-likeness (QED) is 0.268. The molecule has 0 atom stereocenters. The molecule has 0 aliphatic rings. The zero-order valence-corrected chi connectivity index (χ0v) is 21.3. The number of fused-ring (bicyclic) bond motifs is 1. The van der Waals surface area contributed by atoms with Gasteiger partial charge in [-0.05, 0) is 35.2 Å². The summed E-state index contributed by atoms with van der Waals surface area (Å²) in [5, 5.41) is 6.29. The number of halogens is 1. The highest BCUT2D eigenvalue weighted by Gasteiger charge is 2.17. The zero-order valence-electron chi connectivity index (χ0n) is 18.9. The van der Waals surface area contributed by atoms with Crippen molar-refractivity contribution < 1.29 is 4.79 Å². The predicted octanol–water partition coefficient (Wildman–Crippen LogP) is 8.29. The Kier molecular flexibility index (Phi) is 5.98. The Morgan fingerprint density at radius 1 is 0.941 bits per heavy atom. The number of para-hydroxylation sites is 1. The first-order chi connectivity index (χ1) is 16.3. The van der Waals surface area contributed by atoms with E-state index in [1.54, 1.807) is 0 Å². The van der Waals surface area contributed by atoms with Crippen LogP contribution in [0.15, 0.2) is 72.1 Å². The van der Waals surface area contributed by atoms with Gasteiger partial charge in [-0.25, -0.2) is 9.97 Å². The van der Waals surface area contributed by atoms with Crippen LogP contribution in [0.2, 0.25) is 4.34 Å². The number of hydrogen-bond donors (Lipinski definition) is 1. The van der Waals surface area contributed by atoms with Gasteiger partial charge in [-0.3, -0.25) is 10.1 Å². The Balaban J connectivity index is 1.44. The summed E-state index contributed by atoms with van der Waals surface area (Å²) in [4.78, 5) is 23.6. The number of rotatable bonds is 4. The van der Waals surface area contributed by atoms with Crippen molar-refractivity contribution in [3.8, 4) is 21.8 Å². The lowest BCUT2D eigenvalue weighted by Crippen LogP contribution is -2.13. The molecule has 0 bridgehead atoms. The minimum atomic E-state index is -0.216. The van der Waals surface area contributed by atoms with E-state index in [0.29, 0.717) is 15.0 Å². The fraction of sp³-hybridized carbons (Fsp3) is 0.148. The van der Waals surface area contributed by atoms with E-state index < -0.39 is 0 Å². The molecule has 7 heteroatoms. The normalized spacial score (nSPS) is 11.6. The average molecular weight is 504 g/mol. The lowest BCUT2D eigenvalue weighted by Gasteiger charge is -2.18. The highest BCUT2D eigenvalue weighted by Crippen LogP contribution is 2.33. The van der Waals surface area contributed by atoms with Gasteiger partial charge in [0.15, 0.2) is 5.13 Å². The van der Waals surface area contributed by atoms with E-state index in [1.165, 1.54) is 28.2 Å². The van der Waals surface area contributed by atoms with E-state index >= 15 is 0 Å². The summed E-state index contributed by atoms with van der Waals surface area (Å²) < 4.78 is 0.682. The van der Waals surface area contributed by atoms with Crippen molar-refractivity contribution >= 4 is 56.2 Å². The Bertz CT molecular complexity index is 1500. The van der Waals surface area contributed by atoms with E-state index in [1.807, 2.05) is 47.8 Å². The van der Waals surface area contributed by atoms with Gasteiger partial charge in [-0.1, -0.05) is 74.8 Å². The molecule has 34 heavy (non-hydrogen) atoms. The lowest BCUT2D eigenvalue weighted by molar-refractivity contribution is 0.102. The molecule has 1 amide bonds. The highest BCUT2D eigenvalue weighted by molar-refractivity contribution is 7.19. The van der Waals surface area contributed by atoms with Crippen LogP contribution in [-0.2, 0) is 5.41 Å². The number of nitrogens with one attached hydrogen (secondary N) is 1. The number of hydrogen-bond acceptors (Lipinski definition) is 5. The summed E-state index contributed by atoms with van der Waals surface area (Å²) >= 11 is 8.98. The molecule has 2 aromatic carbocycles. The van der Waals surface area contributed by atoms with Crippen LogP contribution in [0, 0.1) is 0 Å². The fourth-order valence-corrected chi connectivity index (χ4v) is 5.43. The van der Waals surface area contributed by atoms with Crippen LogP contribution in [0.1, 0.15) is 36.7 Å². The van der Waals surface area contributed by atoms with Gasteiger partial charge in [-0.15, -0.1) is 22.7 Å². The van der Waals surface area contributed by atoms with E-state index in [-0.39, 0.29) is 11.3 Å². The summed E-state index contributed by atoms with van der Waals surface area (Å²) in [5.41, 5.74) is 5.27. The third kappa shape index (κ3) is 4.62. The van der Waals surface area contributed by atoms with Gasteiger partial charge in [0.2, 0.25) is 0 Å². The van der Waals surface area contributed by atoms with Gasteiger partial charge in [0, 0.05) is 16.3 Å². The molecule has 0 saturated carbocycles. The number of amides is 1. The van der Waals surface area contributed by atoms with Gasteiger partial charge in [0.25, 0.3) is 5.91 Å². The topological polar surface area (TPSA) is 54.9 Å². The number of benzene rings is 2. The molecule has 0 spiro atoms. The van der Waals surface area contributed by atoms with Crippen LogP contribution < -0.4 is 5.32 Å². The third-order valence-corrected chi connectivity index (χ3v) is 7.57. The highest BCUT2D eigenvalue weighted by atomic mass is 35.5. The van der Waals surface area contributed by atoms with Crippen LogP contribution >= 0.6 is 34.3 Å². The predicted molar refractivity (Wildman–Crippen MR) is 144 cm³/mol. The SMILES string of the molecule is CC(C)(C)c1ccc(-c2csc(NC(=O)c3cc(-c4ccc(Cl)s4)nc4ccccc34)n2)cc1. The summed E-state index contributed by atoms with van der Waals surface area (Å²) in [6.07, 6.45) is 0. The maximum absolute atomic E-state index is 13.3. The molecule has 1 N–H and O–H groups in total. The van der Waals surface area contributed by atoms with Crippen molar-refractivity contribution in [3.63, 3.8) is 0 Å². The largest absolute Gasteiger partial charge is 0.298 e. The molecule has 4 nitrogen and oxygen atoms in total. The first-order valence-corrected chi connectivity index (χ1v) is 12.9. The number of anilines is 1. The summed E-state index contributed by atoms with van der Waals surface area (Å²) in [7, 11) is 0. The number of thiazole rings is 1. The van der Waals surface area contributed by atoms with Gasteiger partial charge in [-0.2, -0.15) is 0 Å². The van der Waals surface area contributed by atoms with E-state index in [0.717, 1.165) is 32.7 Å². The van der Waals surface area contributed by atoms with Crippen LogP contribution in [0.25, 0.3) is 32.7 Å². The molecule has 0 unspecified atom stereocenters. The minimum absolute atomic E-state index is 0.0976. The maximum Gasteiger partial charge on any atom is 0.258 e. The van der Waals surface area contributed by atoms with E-state index in [2.05, 4.69) is 55.3 Å². The summed E-state index contributed by atoms with van der Waals surface area (Å²) in [6.45, 7) is 6.58. The van der Waals surface area contributed by atoms with Crippen molar-refractivity contribution in [3.05, 3.63) is 87.6 Å². The molecule has 0 saturated heterocycles. The van der Waals surface area contributed by atoms with Crippen LogP contribution in [0.5, 0.6) is 0 Å². The van der Waals surface area contributed by atoms with Gasteiger partial charge >= 0.3 is 0 Å². The molecular formula is C27H22ClN3OS2. The molecule has 3 aromatic heterocycles. The standard InChI is InChI=1S/C27H22ClN3OS2/c1-27(2,3)17-10-8-16(9-11-17)22-15-33-26(30-22)31-25(32)19-14-21(23-12-13-24(28)34-23)29-20-7-5-4-6-18(19)20/h4-15H,1-3H3,(H,30,31,32). The molecule has 3 heterocycles. The van der Waals surface area contributed by atoms with E-state index in [9.17, 15) is 4.79 Å². The molecule has 0 radical (unpaired) electrons. The molecular weight excluding hydrogens is 482 g/mol. The van der Waals surface area contributed by atoms with Gasteiger partial charge < -0.3 is 0 Å². The zero-order chi connectivity index (χ0) is 23.9. The van der Waals surface area contributed by atoms with Crippen molar-refractivity contribution in [1.29, 1.82) is 0 Å². The van der Waals surface area contributed by atoms with Crippen molar-refractivity contribution in [2.75, 3.05) is 5.32 Å². The second kappa shape index (κ2) is 8.95. The number of aromatic nitrogens is 2. The van der Waals surface area contributed by atoms with Crippen molar-refractivity contribution in [2.24, 2.45) is 0 Å². The fourth-order valence-electron chi connectivity index (χ4n) is 3.71. The Morgan fingerprint density at radius 2 is 1.71 bits per heavy atom. The van der Waals surface area contributed by atoms with Crippen LogP contribution in [-0.4, -0.2) is 15.9 Å². The summed E-state index contributed by atoms with van der Waals surface area (Å²) in [6, 6.07) is 21.6. The lowest BCUT2D eigenvalue weighted by atomic mass is 9.86. The Morgan fingerprint density at radius 3 is 2.41 bits per heavy atom. The first kappa shape index (κ1) is 22.7. The monoisotopic (exact) mass is 503 g/mol. The first-order valence-electron chi connectivity index (χ1n) is 10.8. The number of nitrogens with zero attached hydrogens (tertiary/aromatic N) is 2. The molecule has 0 aliphatic carbocycles. The number of carbonyl (C=O) groups is 1. The van der Waals surface area contributed by atoms with Crippen LogP contribution in [0.3, 0.4) is 0 Å². The number of carbonyl (C=O) groups excluding carboxylic acids is 1. The second-order valence-electron chi connectivity index (χ2n) is 9.00. The maximum atomic E-state index is 13.3. The Labute approximate surface area is 211 Å². The molecule has 5 aromatic rings. The van der Waals surface area contributed by atoms with Crippen LogP contribution in [0.4, 0.5) is 5.13 Å². The van der Waals surface area contributed by atoms with E-state index in [4.69, 9.17) is 16.6 Å². The smallest absolute Gasteiger partial charge is 0.258 e. The third-order valence-electron chi connectivity index (χ3n) is 5.56. The Hall–Kier alpha value is -3.06. The number of pyridine rings is 1. The second-order valence-corrected chi connectivity index (χ2v) is 11.6. The van der Waals surface area contributed by atoms with Gasteiger partial charge in [0.1, 0.15) is 0 Å².